The number of nitrogens with zero attached hydrogens (tertiary/aromatic N) is 1. The van der Waals surface area contributed by atoms with E-state index in [1.807, 2.05) is 0 Å². The van der Waals surface area contributed by atoms with Crippen molar-refractivity contribution in [2.24, 2.45) is 0 Å². The highest BCUT2D eigenvalue weighted by Crippen LogP contribution is 2.30. The van der Waals surface area contributed by atoms with Gasteiger partial charge in [0, 0.05) is 11.8 Å². The molecule has 0 aliphatic heterocycles. The van der Waals surface area contributed by atoms with Gasteiger partial charge in [0.05, 0.1) is 18.1 Å². The zero-order chi connectivity index (χ0) is 13.9. The maximum atomic E-state index is 10.9. The van der Waals surface area contributed by atoms with E-state index in [-0.39, 0.29) is 6.42 Å². The molecule has 0 unspecified atom stereocenters. The lowest BCUT2D eigenvalue weighted by molar-refractivity contribution is -0.136. The van der Waals surface area contributed by atoms with Crippen LogP contribution in [0, 0.1) is 0 Å². The lowest BCUT2D eigenvalue weighted by Crippen LogP contribution is -2.02. The van der Waals surface area contributed by atoms with Gasteiger partial charge < -0.3 is 14.3 Å². The van der Waals surface area contributed by atoms with Crippen LogP contribution >= 0.6 is 0 Å². The Labute approximate surface area is 114 Å². The van der Waals surface area contributed by atoms with E-state index in [0.717, 1.165) is 5.39 Å². The van der Waals surface area contributed by atoms with Crippen LogP contribution < -0.4 is 4.74 Å². The van der Waals surface area contributed by atoms with Crippen LogP contribution in [-0.2, 0) is 11.2 Å². The number of aromatic nitrogens is 1. The summed E-state index contributed by atoms with van der Waals surface area (Å²) in [4.78, 5) is 15.0. The van der Waals surface area contributed by atoms with E-state index in [4.69, 9.17) is 14.3 Å². The summed E-state index contributed by atoms with van der Waals surface area (Å²) >= 11 is 0. The smallest absolute Gasteiger partial charge is 0.307 e. The van der Waals surface area contributed by atoms with Gasteiger partial charge in [-0.15, -0.1) is 0 Å². The molecule has 2 heterocycles. The highest BCUT2D eigenvalue weighted by molar-refractivity contribution is 5.82. The first-order chi connectivity index (χ1) is 9.74. The summed E-state index contributed by atoms with van der Waals surface area (Å²) in [7, 11) is 0. The number of benzene rings is 1. The molecule has 5 nitrogen and oxygen atoms in total. The van der Waals surface area contributed by atoms with E-state index in [2.05, 4.69) is 4.98 Å². The molecule has 0 amide bonds. The first-order valence-electron chi connectivity index (χ1n) is 6.04. The van der Waals surface area contributed by atoms with Gasteiger partial charge >= 0.3 is 5.97 Å². The van der Waals surface area contributed by atoms with Crippen LogP contribution in [0.5, 0.6) is 11.6 Å². The second-order valence-corrected chi connectivity index (χ2v) is 4.23. The molecule has 20 heavy (non-hydrogen) atoms. The standard InChI is InChI=1S/C15H11NO4/c17-14(18)9-10-3-1-2-4-12(10)20-15-11-6-8-19-13(11)5-7-16-15/h1-8H,9H2,(H,17,18). The van der Waals surface area contributed by atoms with E-state index in [1.165, 1.54) is 0 Å². The van der Waals surface area contributed by atoms with Crippen molar-refractivity contribution < 1.29 is 19.1 Å². The second-order valence-electron chi connectivity index (χ2n) is 4.23. The monoisotopic (exact) mass is 269 g/mol. The Balaban J connectivity index is 1.99. The molecule has 3 aromatic rings. The van der Waals surface area contributed by atoms with Crippen LogP contribution in [-0.4, -0.2) is 16.1 Å². The van der Waals surface area contributed by atoms with Crippen molar-refractivity contribution in [1.29, 1.82) is 0 Å². The van der Waals surface area contributed by atoms with E-state index in [0.29, 0.717) is 22.8 Å². The molecule has 5 heteroatoms. The Morgan fingerprint density at radius 1 is 1.25 bits per heavy atom. The van der Waals surface area contributed by atoms with Gasteiger partial charge in [-0.25, -0.2) is 4.98 Å². The molecule has 0 fully saturated rings. The summed E-state index contributed by atoms with van der Waals surface area (Å²) in [5, 5.41) is 9.66. The number of ether oxygens (including phenoxy) is 1. The van der Waals surface area contributed by atoms with Crippen molar-refractivity contribution >= 4 is 16.9 Å². The second kappa shape index (κ2) is 5.05. The van der Waals surface area contributed by atoms with Crippen LogP contribution in [0.1, 0.15) is 5.56 Å². The number of carboxylic acid groups (broad SMARTS) is 1. The number of carbonyl (C=O) groups is 1. The summed E-state index contributed by atoms with van der Waals surface area (Å²) in [6, 6.07) is 10.5. The number of carboxylic acids is 1. The number of furan rings is 1. The summed E-state index contributed by atoms with van der Waals surface area (Å²) in [5.41, 5.74) is 1.27. The molecule has 3 rings (SSSR count). The van der Waals surface area contributed by atoms with Crippen molar-refractivity contribution in [2.45, 2.75) is 6.42 Å². The fourth-order valence-electron chi connectivity index (χ4n) is 1.97. The van der Waals surface area contributed by atoms with Crippen LogP contribution in [0.25, 0.3) is 11.0 Å². The van der Waals surface area contributed by atoms with Crippen molar-refractivity contribution in [2.75, 3.05) is 0 Å². The fraction of sp³-hybridized carbons (Fsp3) is 0.0667. The van der Waals surface area contributed by atoms with Gasteiger partial charge in [0.25, 0.3) is 0 Å². The molecule has 0 aliphatic rings. The molecule has 1 N–H and O–H groups in total. The third kappa shape index (κ3) is 2.33. The van der Waals surface area contributed by atoms with Crippen molar-refractivity contribution in [1.82, 2.24) is 4.98 Å². The molecular weight excluding hydrogens is 258 g/mol. The Morgan fingerprint density at radius 3 is 2.95 bits per heavy atom. The van der Waals surface area contributed by atoms with Crippen molar-refractivity contribution in [3.8, 4) is 11.6 Å². The predicted molar refractivity (Wildman–Crippen MR) is 71.9 cm³/mol. The third-order valence-electron chi connectivity index (χ3n) is 2.86. The first kappa shape index (κ1) is 12.2. The van der Waals surface area contributed by atoms with Gasteiger partial charge in [0.2, 0.25) is 5.88 Å². The van der Waals surface area contributed by atoms with Crippen LogP contribution in [0.15, 0.2) is 53.3 Å². The normalized spacial score (nSPS) is 10.6. The van der Waals surface area contributed by atoms with Gasteiger partial charge in [-0.1, -0.05) is 18.2 Å². The molecule has 0 bridgehead atoms. The molecule has 1 aromatic carbocycles. The summed E-state index contributed by atoms with van der Waals surface area (Å²) < 4.78 is 11.0. The molecule has 100 valence electrons. The highest BCUT2D eigenvalue weighted by atomic mass is 16.5. The largest absolute Gasteiger partial charge is 0.481 e. The molecule has 0 radical (unpaired) electrons. The number of rotatable bonds is 4. The van der Waals surface area contributed by atoms with Crippen LogP contribution in [0.2, 0.25) is 0 Å². The third-order valence-corrected chi connectivity index (χ3v) is 2.86. The van der Waals surface area contributed by atoms with E-state index < -0.39 is 5.97 Å². The zero-order valence-corrected chi connectivity index (χ0v) is 10.4. The Kier molecular flexibility index (Phi) is 3.09. The molecule has 0 aliphatic carbocycles. The van der Waals surface area contributed by atoms with Gasteiger partial charge in [-0.3, -0.25) is 4.79 Å². The minimum atomic E-state index is -0.907. The Morgan fingerprint density at radius 2 is 2.10 bits per heavy atom. The summed E-state index contributed by atoms with van der Waals surface area (Å²) in [6.45, 7) is 0. The fourth-order valence-corrected chi connectivity index (χ4v) is 1.97. The van der Waals surface area contributed by atoms with Crippen molar-refractivity contribution in [3.63, 3.8) is 0 Å². The molecular formula is C15H11NO4. The average Bonchev–Trinajstić information content (AvgIpc) is 2.90. The van der Waals surface area contributed by atoms with Crippen LogP contribution in [0.4, 0.5) is 0 Å². The topological polar surface area (TPSA) is 72.6 Å². The van der Waals surface area contributed by atoms with Gasteiger partial charge in [0.15, 0.2) is 0 Å². The average molecular weight is 269 g/mol. The number of aliphatic carboxylic acids is 1. The lowest BCUT2D eigenvalue weighted by atomic mass is 10.1. The number of hydrogen-bond acceptors (Lipinski definition) is 4. The molecule has 0 atom stereocenters. The van der Waals surface area contributed by atoms with E-state index in [1.54, 1.807) is 48.9 Å². The lowest BCUT2D eigenvalue weighted by Gasteiger charge is -2.09. The SMILES string of the molecule is O=C(O)Cc1ccccc1Oc1nccc2occc12. The van der Waals surface area contributed by atoms with Gasteiger partial charge in [-0.05, 0) is 18.2 Å². The predicted octanol–water partition coefficient (Wildman–Crippen LogP) is 3.25. The molecule has 2 aromatic heterocycles. The Hall–Kier alpha value is -2.82. The minimum Gasteiger partial charge on any atom is -0.481 e. The number of pyridine rings is 1. The molecule has 0 spiro atoms. The zero-order valence-electron chi connectivity index (χ0n) is 10.4. The first-order valence-corrected chi connectivity index (χ1v) is 6.04. The highest BCUT2D eigenvalue weighted by Gasteiger charge is 2.11. The van der Waals surface area contributed by atoms with Gasteiger partial charge in [-0.2, -0.15) is 0 Å². The van der Waals surface area contributed by atoms with E-state index in [9.17, 15) is 4.79 Å². The Bertz CT molecular complexity index is 763. The summed E-state index contributed by atoms with van der Waals surface area (Å²) in [6.07, 6.45) is 3.04. The minimum absolute atomic E-state index is 0.0997. The van der Waals surface area contributed by atoms with E-state index >= 15 is 0 Å². The number of hydrogen-bond donors (Lipinski definition) is 1. The van der Waals surface area contributed by atoms with Crippen LogP contribution in [0.3, 0.4) is 0 Å². The van der Waals surface area contributed by atoms with Crippen molar-refractivity contribution in [3.05, 3.63) is 54.4 Å². The maximum absolute atomic E-state index is 10.9. The molecule has 0 saturated carbocycles. The quantitative estimate of drug-likeness (QED) is 0.787. The maximum Gasteiger partial charge on any atom is 0.307 e. The van der Waals surface area contributed by atoms with Gasteiger partial charge in [0.1, 0.15) is 11.3 Å². The summed E-state index contributed by atoms with van der Waals surface area (Å²) in [5.74, 6) is -0.0271. The number of fused-ring (bicyclic) bond motifs is 1. The number of para-hydroxylation sites is 1. The molecule has 0 saturated heterocycles.